The molecular formula is C34H34F2N4O7. The maximum atomic E-state index is 15.7. The molecule has 1 fully saturated rings. The second-order valence-corrected chi connectivity index (χ2v) is 11.2. The molecule has 3 amide bonds. The van der Waals surface area contributed by atoms with Gasteiger partial charge in [-0.3, -0.25) is 29.5 Å². The van der Waals surface area contributed by atoms with Crippen molar-refractivity contribution in [3.63, 3.8) is 0 Å². The molecule has 1 aliphatic carbocycles. The number of aromatic nitrogens is 1. The molecule has 13 heteroatoms. The minimum Gasteiger partial charge on any atom is -0.493 e. The van der Waals surface area contributed by atoms with Crippen LogP contribution in [0.4, 0.5) is 20.2 Å². The molecule has 1 aliphatic rings. The number of hydroxylamine groups is 1. The van der Waals surface area contributed by atoms with Crippen LogP contribution >= 0.6 is 0 Å². The highest BCUT2D eigenvalue weighted by molar-refractivity contribution is 6.16. The second-order valence-electron chi connectivity index (χ2n) is 11.2. The summed E-state index contributed by atoms with van der Waals surface area (Å²) in [5.41, 5.74) is 6.62. The van der Waals surface area contributed by atoms with Gasteiger partial charge in [0.25, 0.3) is 0 Å². The lowest BCUT2D eigenvalue weighted by Crippen LogP contribution is -2.41. The van der Waals surface area contributed by atoms with Crippen LogP contribution in [0.2, 0.25) is 0 Å². The molecular weight excluding hydrogens is 614 g/mol. The number of primary amides is 1. The average Bonchev–Trinajstić information content (AvgIpc) is 3.89. The van der Waals surface area contributed by atoms with E-state index in [1.165, 1.54) is 37.6 Å². The predicted molar refractivity (Wildman–Crippen MR) is 168 cm³/mol. The van der Waals surface area contributed by atoms with Crippen molar-refractivity contribution in [2.45, 2.75) is 44.9 Å². The third kappa shape index (κ3) is 7.41. The number of pyridine rings is 1. The van der Waals surface area contributed by atoms with E-state index in [4.69, 9.17) is 25.2 Å². The van der Waals surface area contributed by atoms with E-state index in [9.17, 15) is 18.8 Å². The molecule has 0 radical (unpaired) electrons. The maximum Gasteiger partial charge on any atom is 0.247 e. The molecule has 1 saturated carbocycles. The highest BCUT2D eigenvalue weighted by Crippen LogP contribution is 2.49. The smallest absolute Gasteiger partial charge is 0.247 e. The molecule has 1 heterocycles. The van der Waals surface area contributed by atoms with Gasteiger partial charge in [-0.25, -0.2) is 14.3 Å². The van der Waals surface area contributed by atoms with Crippen LogP contribution in [0, 0.1) is 17.0 Å². The second kappa shape index (κ2) is 14.4. The molecule has 11 nitrogen and oxygen atoms in total. The van der Waals surface area contributed by atoms with Crippen molar-refractivity contribution in [2.75, 3.05) is 18.6 Å². The first-order valence-corrected chi connectivity index (χ1v) is 15.1. The normalized spacial score (nSPS) is 13.1. The van der Waals surface area contributed by atoms with E-state index in [0.717, 1.165) is 35.9 Å². The summed E-state index contributed by atoms with van der Waals surface area (Å²) in [4.78, 5) is 42.4. The van der Waals surface area contributed by atoms with E-state index in [1.54, 1.807) is 23.7 Å². The zero-order valence-corrected chi connectivity index (χ0v) is 25.6. The molecule has 4 aromatic rings. The fourth-order valence-electron chi connectivity index (χ4n) is 5.18. The first-order valence-electron chi connectivity index (χ1n) is 15.1. The number of fused-ring (bicyclic) bond motifs is 1. The average molecular weight is 649 g/mol. The summed E-state index contributed by atoms with van der Waals surface area (Å²) in [5, 5.41) is 9.11. The molecule has 47 heavy (non-hydrogen) atoms. The summed E-state index contributed by atoms with van der Waals surface area (Å²) < 4.78 is 46.8. The number of nitrogens with zero attached hydrogens (tertiary/aromatic N) is 2. The molecule has 1 aromatic heterocycles. The van der Waals surface area contributed by atoms with E-state index in [1.807, 2.05) is 0 Å². The highest BCUT2D eigenvalue weighted by Gasteiger charge is 2.57. The van der Waals surface area contributed by atoms with Crippen molar-refractivity contribution < 1.29 is 42.6 Å². The number of rotatable bonds is 15. The number of nitrogens with one attached hydrogen (secondary N) is 1. The van der Waals surface area contributed by atoms with Gasteiger partial charge in [-0.2, -0.15) is 0 Å². The van der Waals surface area contributed by atoms with E-state index in [0.29, 0.717) is 41.9 Å². The van der Waals surface area contributed by atoms with Crippen LogP contribution < -0.4 is 30.3 Å². The largest absolute Gasteiger partial charge is 0.493 e. The number of hydrogen-bond donors (Lipinski definition) is 3. The number of hydrogen-bond acceptors (Lipinski definition) is 8. The molecule has 0 unspecified atom stereocenters. The molecule has 0 bridgehead atoms. The van der Waals surface area contributed by atoms with Crippen LogP contribution in [-0.2, 0) is 14.4 Å². The quantitative estimate of drug-likeness (QED) is 0.0607. The van der Waals surface area contributed by atoms with Gasteiger partial charge in [-0.05, 0) is 74.2 Å². The number of ether oxygens (including phenoxy) is 3. The Morgan fingerprint density at radius 3 is 2.30 bits per heavy atom. The minimum absolute atomic E-state index is 0.107. The molecule has 5 rings (SSSR count). The van der Waals surface area contributed by atoms with Gasteiger partial charge in [-0.1, -0.05) is 12.8 Å². The number of carbonyl (C=O) groups excluding carboxylic acids is 3. The number of carbonyl (C=O) groups is 3. The van der Waals surface area contributed by atoms with Gasteiger partial charge in [-0.15, -0.1) is 0 Å². The summed E-state index contributed by atoms with van der Waals surface area (Å²) in [5.74, 6) is -2.10. The molecule has 246 valence electrons. The molecule has 4 N–H and O–H groups in total. The molecule has 0 atom stereocenters. The lowest BCUT2D eigenvalue weighted by Gasteiger charge is -2.26. The number of unbranched alkanes of at least 4 members (excludes halogenated alkanes) is 3. The fourth-order valence-corrected chi connectivity index (χ4v) is 5.18. The molecule has 0 spiro atoms. The van der Waals surface area contributed by atoms with E-state index in [2.05, 4.69) is 4.98 Å². The van der Waals surface area contributed by atoms with Crippen LogP contribution in [0.1, 0.15) is 44.9 Å². The summed E-state index contributed by atoms with van der Waals surface area (Å²) >= 11 is 0. The standard InChI is InChI=1S/C34H34F2N4O7/c1-45-29-20-26-24(19-30(29)46-17-5-3-2-4-6-31(41)39-44)27(13-16-38-26)47-28-12-11-23(18-25(28)36)40(22-9-7-21(35)8-10-22)33(43)34(14-15-34)32(37)42/h7-13,16,18-20,44H,2-6,14-15,17H2,1H3,(H2,37,42)(H,39,41). The summed E-state index contributed by atoms with van der Waals surface area (Å²) in [6.45, 7) is 0.376. The Hall–Kier alpha value is -5.30. The fraction of sp³-hybridized carbons (Fsp3) is 0.294. The summed E-state index contributed by atoms with van der Waals surface area (Å²) in [7, 11) is 1.51. The van der Waals surface area contributed by atoms with Crippen molar-refractivity contribution >= 4 is 40.0 Å². The Balaban J connectivity index is 1.36. The van der Waals surface area contributed by atoms with Crippen LogP contribution in [0.15, 0.2) is 66.9 Å². The zero-order valence-electron chi connectivity index (χ0n) is 25.6. The first-order chi connectivity index (χ1) is 22.7. The Morgan fingerprint density at radius 2 is 1.64 bits per heavy atom. The van der Waals surface area contributed by atoms with E-state index < -0.39 is 34.8 Å². The van der Waals surface area contributed by atoms with Gasteiger partial charge >= 0.3 is 0 Å². The summed E-state index contributed by atoms with van der Waals surface area (Å²) in [6, 6.07) is 13.9. The van der Waals surface area contributed by atoms with Gasteiger partial charge in [0.1, 0.15) is 17.0 Å². The lowest BCUT2D eigenvalue weighted by molar-refractivity contribution is -0.133. The number of benzene rings is 3. The molecule has 0 saturated heterocycles. The van der Waals surface area contributed by atoms with Gasteiger partial charge < -0.3 is 19.9 Å². The van der Waals surface area contributed by atoms with Gasteiger partial charge in [0.15, 0.2) is 23.1 Å². The van der Waals surface area contributed by atoms with Crippen LogP contribution in [0.25, 0.3) is 10.9 Å². The number of anilines is 2. The van der Waals surface area contributed by atoms with Crippen molar-refractivity contribution in [2.24, 2.45) is 11.1 Å². The SMILES string of the molecule is COc1cc2nccc(Oc3ccc(N(C(=O)C4(C(N)=O)CC4)c4ccc(F)cc4)cc3F)c2cc1OCCCCCCC(=O)NO. The third-order valence-electron chi connectivity index (χ3n) is 7.98. The number of halogens is 2. The Labute approximate surface area is 269 Å². The monoisotopic (exact) mass is 648 g/mol. The number of nitrogens with two attached hydrogens (primary N) is 1. The highest BCUT2D eigenvalue weighted by atomic mass is 19.1. The van der Waals surface area contributed by atoms with Crippen LogP contribution in [0.3, 0.4) is 0 Å². The van der Waals surface area contributed by atoms with Crippen molar-refractivity contribution in [3.05, 3.63) is 78.5 Å². The van der Waals surface area contributed by atoms with E-state index in [-0.39, 0.29) is 42.1 Å². The van der Waals surface area contributed by atoms with Crippen molar-refractivity contribution in [3.8, 4) is 23.0 Å². The zero-order chi connectivity index (χ0) is 33.6. The number of amides is 3. The van der Waals surface area contributed by atoms with E-state index >= 15 is 4.39 Å². The molecule has 0 aliphatic heterocycles. The third-order valence-corrected chi connectivity index (χ3v) is 7.98. The Bertz CT molecular complexity index is 1780. The van der Waals surface area contributed by atoms with Crippen molar-refractivity contribution in [1.82, 2.24) is 10.5 Å². The molecule has 3 aromatic carbocycles. The maximum absolute atomic E-state index is 15.7. The predicted octanol–water partition coefficient (Wildman–Crippen LogP) is 6.08. The number of methoxy groups -OCH3 is 1. The van der Waals surface area contributed by atoms with Crippen molar-refractivity contribution in [1.29, 1.82) is 0 Å². The Kier molecular flexibility index (Phi) is 10.1. The van der Waals surface area contributed by atoms with Gasteiger partial charge in [0.2, 0.25) is 17.7 Å². The van der Waals surface area contributed by atoms with Gasteiger partial charge in [0, 0.05) is 35.8 Å². The van der Waals surface area contributed by atoms with Crippen LogP contribution in [-0.4, -0.2) is 41.6 Å². The van der Waals surface area contributed by atoms with Gasteiger partial charge in [0.05, 0.1) is 24.9 Å². The van der Waals surface area contributed by atoms with Crippen LogP contribution in [0.5, 0.6) is 23.0 Å². The topological polar surface area (TPSA) is 153 Å². The lowest BCUT2D eigenvalue weighted by atomic mass is 10.0. The summed E-state index contributed by atoms with van der Waals surface area (Å²) in [6.07, 6.45) is 5.25. The minimum atomic E-state index is -1.41. The Morgan fingerprint density at radius 1 is 0.915 bits per heavy atom. The first kappa shape index (κ1) is 33.1.